The summed E-state index contributed by atoms with van der Waals surface area (Å²) in [5.41, 5.74) is 3.59. The molecule has 0 N–H and O–H groups in total. The van der Waals surface area contributed by atoms with Crippen molar-refractivity contribution in [2.75, 3.05) is 0 Å². The molecule has 3 heteroatoms. The van der Waals surface area contributed by atoms with Crippen molar-refractivity contribution in [3.63, 3.8) is 0 Å². The number of fused-ring (bicyclic) bond motifs is 1. The zero-order chi connectivity index (χ0) is 14.0. The number of carbonyl (C=O) groups is 1. The number of carboxylic acids is 1. The molecule has 0 aliphatic rings. The quantitative estimate of drug-likeness (QED) is 0.790. The summed E-state index contributed by atoms with van der Waals surface area (Å²) in [6.07, 6.45) is 2.57. The maximum Gasteiger partial charge on any atom is 0.0725 e. The molecule has 0 fully saturated rings. The molecule has 0 spiro atoms. The van der Waals surface area contributed by atoms with E-state index in [0.717, 1.165) is 16.8 Å². The van der Waals surface area contributed by atoms with Crippen molar-refractivity contribution in [2.24, 2.45) is 0 Å². The van der Waals surface area contributed by atoms with Crippen molar-refractivity contribution in [1.29, 1.82) is 0 Å². The fourth-order valence-electron chi connectivity index (χ4n) is 2.16. The second kappa shape index (κ2) is 5.22. The number of carboxylic acid groups (broad SMARTS) is 1. The first kappa shape index (κ1) is 13.3. The van der Waals surface area contributed by atoms with Crippen molar-refractivity contribution in [1.82, 2.24) is 4.98 Å². The van der Waals surface area contributed by atoms with Gasteiger partial charge in [-0.3, -0.25) is 4.98 Å². The molecular formula is C16H16NO2-. The van der Waals surface area contributed by atoms with Crippen LogP contribution in [0, 0.1) is 6.92 Å². The Labute approximate surface area is 112 Å². The zero-order valence-electron chi connectivity index (χ0n) is 11.4. The van der Waals surface area contributed by atoms with E-state index < -0.39 is 5.97 Å². The van der Waals surface area contributed by atoms with E-state index in [9.17, 15) is 9.90 Å². The van der Waals surface area contributed by atoms with Gasteiger partial charge in [0.15, 0.2) is 0 Å². The van der Waals surface area contributed by atoms with Gasteiger partial charge in [-0.15, -0.1) is 0 Å². The fraction of sp³-hybridized carbons (Fsp3) is 0.250. The van der Waals surface area contributed by atoms with Gasteiger partial charge in [0.1, 0.15) is 0 Å². The highest BCUT2D eigenvalue weighted by Gasteiger charge is 2.12. The van der Waals surface area contributed by atoms with Crippen LogP contribution >= 0.6 is 0 Å². The first-order valence-corrected chi connectivity index (χ1v) is 6.23. The lowest BCUT2D eigenvalue weighted by Crippen LogP contribution is -2.25. The number of para-hydroxylation sites is 1. The number of rotatable bonds is 3. The highest BCUT2D eigenvalue weighted by Crippen LogP contribution is 2.23. The molecule has 0 aliphatic carbocycles. The average molecular weight is 254 g/mol. The Bertz CT molecular complexity index is 668. The summed E-state index contributed by atoms with van der Waals surface area (Å²) in [5.74, 6) is -1.14. The Morgan fingerprint density at radius 2 is 2.00 bits per heavy atom. The number of carbonyl (C=O) groups excluding carboxylic acids is 1. The van der Waals surface area contributed by atoms with Crippen molar-refractivity contribution in [3.8, 4) is 0 Å². The highest BCUT2D eigenvalue weighted by atomic mass is 16.4. The van der Waals surface area contributed by atoms with E-state index in [1.54, 1.807) is 6.07 Å². The van der Waals surface area contributed by atoms with Crippen LogP contribution in [0.15, 0.2) is 35.9 Å². The van der Waals surface area contributed by atoms with Gasteiger partial charge in [0.05, 0.1) is 11.5 Å². The van der Waals surface area contributed by atoms with E-state index in [-0.39, 0.29) is 5.56 Å². The minimum atomic E-state index is -1.14. The van der Waals surface area contributed by atoms with Crippen LogP contribution in [0.2, 0.25) is 0 Å². The number of aromatic nitrogens is 1. The molecule has 0 atom stereocenters. The van der Waals surface area contributed by atoms with Gasteiger partial charge in [0.2, 0.25) is 0 Å². The number of pyridine rings is 1. The van der Waals surface area contributed by atoms with E-state index in [0.29, 0.717) is 17.3 Å². The van der Waals surface area contributed by atoms with Gasteiger partial charge in [-0.05, 0) is 38.8 Å². The molecule has 1 aromatic carbocycles. The predicted molar refractivity (Wildman–Crippen MR) is 73.9 cm³/mol. The lowest BCUT2D eigenvalue weighted by molar-refractivity contribution is -0.254. The average Bonchev–Trinajstić information content (AvgIpc) is 2.35. The number of benzene rings is 1. The lowest BCUT2D eigenvalue weighted by Gasteiger charge is -2.15. The van der Waals surface area contributed by atoms with Gasteiger partial charge in [-0.2, -0.15) is 0 Å². The van der Waals surface area contributed by atoms with E-state index in [1.807, 2.05) is 45.0 Å². The second-order valence-electron chi connectivity index (χ2n) is 4.84. The van der Waals surface area contributed by atoms with Crippen molar-refractivity contribution < 1.29 is 9.90 Å². The number of allylic oxidation sites excluding steroid dienone is 2. The molecule has 0 aliphatic heterocycles. The molecule has 3 nitrogen and oxygen atoms in total. The normalized spacial score (nSPS) is 10.5. The van der Waals surface area contributed by atoms with Crippen molar-refractivity contribution >= 4 is 16.9 Å². The van der Waals surface area contributed by atoms with Crippen LogP contribution in [0.4, 0.5) is 0 Å². The maximum absolute atomic E-state index is 11.5. The Hall–Kier alpha value is -2.16. The monoisotopic (exact) mass is 254 g/mol. The Kier molecular flexibility index (Phi) is 3.65. The molecule has 1 heterocycles. The molecule has 0 unspecified atom stereocenters. The summed E-state index contributed by atoms with van der Waals surface area (Å²) in [7, 11) is 0. The number of aryl methyl sites for hydroxylation is 1. The lowest BCUT2D eigenvalue weighted by atomic mass is 9.97. The summed E-state index contributed by atoms with van der Waals surface area (Å²) in [6.45, 7) is 5.82. The first-order chi connectivity index (χ1) is 9.00. The van der Waals surface area contributed by atoms with Crippen LogP contribution in [-0.2, 0) is 6.42 Å². The molecule has 19 heavy (non-hydrogen) atoms. The molecular weight excluding hydrogens is 238 g/mol. The van der Waals surface area contributed by atoms with Crippen LogP contribution < -0.4 is 5.11 Å². The standard InChI is InChI=1S/C16H17NO2/c1-10(2)8-9-12-11(3)17-14-7-5-4-6-13(14)15(12)16(18)19/h4-8H,9H2,1-3H3,(H,18,19)/p-1. The maximum atomic E-state index is 11.5. The summed E-state index contributed by atoms with van der Waals surface area (Å²) < 4.78 is 0. The third-order valence-corrected chi connectivity index (χ3v) is 3.12. The molecule has 0 saturated carbocycles. The van der Waals surface area contributed by atoms with Gasteiger partial charge in [0, 0.05) is 16.6 Å². The molecule has 2 rings (SSSR count). The minimum Gasteiger partial charge on any atom is -0.545 e. The smallest absolute Gasteiger partial charge is 0.0725 e. The van der Waals surface area contributed by atoms with E-state index in [2.05, 4.69) is 4.98 Å². The SMILES string of the molecule is CC(C)=CCc1c(C)nc2ccccc2c1C(=O)[O-]. The van der Waals surface area contributed by atoms with Crippen LogP contribution in [0.3, 0.4) is 0 Å². The fourth-order valence-corrected chi connectivity index (χ4v) is 2.16. The van der Waals surface area contributed by atoms with Gasteiger partial charge < -0.3 is 9.90 Å². The van der Waals surface area contributed by atoms with Crippen molar-refractivity contribution in [3.05, 3.63) is 52.7 Å². The molecule has 2 aromatic rings. The van der Waals surface area contributed by atoms with Crippen molar-refractivity contribution in [2.45, 2.75) is 27.2 Å². The molecule has 0 bridgehead atoms. The Morgan fingerprint density at radius 3 is 2.63 bits per heavy atom. The minimum absolute atomic E-state index is 0.264. The molecule has 98 valence electrons. The van der Waals surface area contributed by atoms with Gasteiger partial charge >= 0.3 is 0 Å². The van der Waals surface area contributed by atoms with Gasteiger partial charge in [-0.1, -0.05) is 29.8 Å². The van der Waals surface area contributed by atoms with Crippen LogP contribution in [0.5, 0.6) is 0 Å². The number of aromatic carboxylic acids is 1. The Morgan fingerprint density at radius 1 is 1.32 bits per heavy atom. The highest BCUT2D eigenvalue weighted by molar-refractivity contribution is 6.03. The summed E-state index contributed by atoms with van der Waals surface area (Å²) >= 11 is 0. The largest absolute Gasteiger partial charge is 0.545 e. The van der Waals surface area contributed by atoms with E-state index in [1.165, 1.54) is 0 Å². The van der Waals surface area contributed by atoms with Crippen LogP contribution in [0.25, 0.3) is 10.9 Å². The van der Waals surface area contributed by atoms with E-state index in [4.69, 9.17) is 0 Å². The van der Waals surface area contributed by atoms with E-state index >= 15 is 0 Å². The van der Waals surface area contributed by atoms with Crippen LogP contribution in [-0.4, -0.2) is 11.0 Å². The predicted octanol–water partition coefficient (Wildman–Crippen LogP) is 2.42. The van der Waals surface area contributed by atoms with Crippen LogP contribution in [0.1, 0.15) is 35.5 Å². The zero-order valence-corrected chi connectivity index (χ0v) is 11.4. The third kappa shape index (κ3) is 2.65. The number of hydrogen-bond acceptors (Lipinski definition) is 3. The van der Waals surface area contributed by atoms with Gasteiger partial charge in [0.25, 0.3) is 0 Å². The third-order valence-electron chi connectivity index (χ3n) is 3.12. The number of nitrogens with zero attached hydrogens (tertiary/aromatic N) is 1. The molecule has 0 amide bonds. The second-order valence-corrected chi connectivity index (χ2v) is 4.84. The summed E-state index contributed by atoms with van der Waals surface area (Å²) in [6, 6.07) is 7.26. The molecule has 1 aromatic heterocycles. The topological polar surface area (TPSA) is 53.0 Å². The molecule has 0 saturated heterocycles. The summed E-state index contributed by atoms with van der Waals surface area (Å²) in [4.78, 5) is 15.9. The van der Waals surface area contributed by atoms with Gasteiger partial charge in [-0.25, -0.2) is 0 Å². The first-order valence-electron chi connectivity index (χ1n) is 6.23. The number of hydrogen-bond donors (Lipinski definition) is 0. The Balaban J connectivity index is 2.74. The molecule has 0 radical (unpaired) electrons. The summed E-state index contributed by atoms with van der Waals surface area (Å²) in [5, 5.41) is 12.1.